The number of anilines is 1. The van der Waals surface area contributed by atoms with Crippen molar-refractivity contribution in [2.24, 2.45) is 0 Å². The van der Waals surface area contributed by atoms with Crippen LogP contribution in [-0.4, -0.2) is 0 Å². The number of hydrogen-bond acceptors (Lipinski definition) is 1. The zero-order valence-corrected chi connectivity index (χ0v) is 13.5. The highest BCUT2D eigenvalue weighted by Crippen LogP contribution is 2.33. The Kier molecular flexibility index (Phi) is 4.46. The highest BCUT2D eigenvalue weighted by atomic mass is 79.9. The molecule has 0 bridgehead atoms. The van der Waals surface area contributed by atoms with Crippen LogP contribution >= 0.6 is 31.9 Å². The zero-order chi connectivity index (χ0) is 13.1. The molecule has 0 aliphatic rings. The van der Waals surface area contributed by atoms with Crippen molar-refractivity contribution in [1.82, 2.24) is 0 Å². The molecule has 0 aliphatic heterocycles. The molecular weight excluding hydrogens is 354 g/mol. The Balaban J connectivity index is 2.27. The van der Waals surface area contributed by atoms with E-state index in [0.717, 1.165) is 14.6 Å². The summed E-state index contributed by atoms with van der Waals surface area (Å²) in [6, 6.07) is 14.8. The first-order chi connectivity index (χ1) is 8.59. The number of halogens is 2. The molecule has 0 aromatic heterocycles. The van der Waals surface area contributed by atoms with E-state index in [4.69, 9.17) is 0 Å². The summed E-state index contributed by atoms with van der Waals surface area (Å²) in [5, 5.41) is 3.54. The second-order valence-electron chi connectivity index (χ2n) is 4.32. The molecule has 1 N–H and O–H groups in total. The monoisotopic (exact) mass is 367 g/mol. The highest BCUT2D eigenvalue weighted by Gasteiger charge is 2.11. The van der Waals surface area contributed by atoms with Crippen molar-refractivity contribution in [1.29, 1.82) is 0 Å². The second-order valence-corrected chi connectivity index (χ2v) is 6.03. The van der Waals surface area contributed by atoms with Gasteiger partial charge in [-0.3, -0.25) is 0 Å². The third-order valence-corrected chi connectivity index (χ3v) is 4.30. The summed E-state index contributed by atoms with van der Waals surface area (Å²) in [5.74, 6) is 0. The van der Waals surface area contributed by atoms with Gasteiger partial charge in [0, 0.05) is 15.0 Å². The minimum absolute atomic E-state index is 0.265. The smallest absolute Gasteiger partial charge is 0.0633 e. The molecule has 0 saturated heterocycles. The van der Waals surface area contributed by atoms with Gasteiger partial charge in [0.15, 0.2) is 0 Å². The summed E-state index contributed by atoms with van der Waals surface area (Å²) in [6.07, 6.45) is 0. The van der Waals surface area contributed by atoms with Crippen molar-refractivity contribution >= 4 is 37.5 Å². The molecule has 0 spiro atoms. The van der Waals surface area contributed by atoms with Gasteiger partial charge in [-0.05, 0) is 69.0 Å². The molecule has 0 aliphatic carbocycles. The number of rotatable bonds is 3. The number of aryl methyl sites for hydroxylation is 1. The summed E-state index contributed by atoms with van der Waals surface area (Å²) in [7, 11) is 0. The summed E-state index contributed by atoms with van der Waals surface area (Å²) in [5.41, 5.74) is 3.72. The molecule has 0 heterocycles. The summed E-state index contributed by atoms with van der Waals surface area (Å²) in [4.78, 5) is 0. The van der Waals surface area contributed by atoms with Crippen molar-refractivity contribution in [3.8, 4) is 0 Å². The first-order valence-corrected chi connectivity index (χ1v) is 7.44. The van der Waals surface area contributed by atoms with E-state index in [9.17, 15) is 0 Å². The maximum atomic E-state index is 3.57. The van der Waals surface area contributed by atoms with Gasteiger partial charge >= 0.3 is 0 Å². The van der Waals surface area contributed by atoms with Crippen LogP contribution in [0.4, 0.5) is 5.69 Å². The van der Waals surface area contributed by atoms with E-state index in [-0.39, 0.29) is 6.04 Å². The topological polar surface area (TPSA) is 12.0 Å². The van der Waals surface area contributed by atoms with Crippen LogP contribution in [0, 0.1) is 6.92 Å². The zero-order valence-electron chi connectivity index (χ0n) is 10.4. The number of para-hydroxylation sites is 1. The molecule has 1 atom stereocenters. The largest absolute Gasteiger partial charge is 0.377 e. The van der Waals surface area contributed by atoms with Gasteiger partial charge in [-0.2, -0.15) is 0 Å². The number of benzene rings is 2. The van der Waals surface area contributed by atoms with Gasteiger partial charge in [0.2, 0.25) is 0 Å². The fraction of sp³-hybridized carbons (Fsp3) is 0.200. The van der Waals surface area contributed by atoms with Crippen molar-refractivity contribution in [3.63, 3.8) is 0 Å². The molecule has 2 aromatic carbocycles. The lowest BCUT2D eigenvalue weighted by Gasteiger charge is -2.19. The van der Waals surface area contributed by atoms with Crippen molar-refractivity contribution < 1.29 is 0 Å². The second kappa shape index (κ2) is 5.89. The predicted molar refractivity (Wildman–Crippen MR) is 85.1 cm³/mol. The standard InChI is InChI=1S/C15H15Br2N/c1-10-6-3-4-7-12(10)11(2)18-15-13(16)8-5-9-14(15)17/h3-9,11,18H,1-2H3. The number of hydrogen-bond donors (Lipinski definition) is 1. The van der Waals surface area contributed by atoms with E-state index >= 15 is 0 Å². The van der Waals surface area contributed by atoms with Crippen molar-refractivity contribution in [3.05, 3.63) is 62.5 Å². The maximum absolute atomic E-state index is 3.57. The van der Waals surface area contributed by atoms with E-state index in [0.29, 0.717) is 0 Å². The van der Waals surface area contributed by atoms with Crippen LogP contribution in [0.5, 0.6) is 0 Å². The Morgan fingerprint density at radius 2 is 1.56 bits per heavy atom. The van der Waals surface area contributed by atoms with E-state index < -0.39 is 0 Å². The maximum Gasteiger partial charge on any atom is 0.0633 e. The lowest BCUT2D eigenvalue weighted by molar-refractivity contribution is 0.872. The minimum Gasteiger partial charge on any atom is -0.377 e. The Morgan fingerprint density at radius 3 is 2.17 bits per heavy atom. The van der Waals surface area contributed by atoms with E-state index in [1.54, 1.807) is 0 Å². The summed E-state index contributed by atoms with van der Waals surface area (Å²) in [6.45, 7) is 4.32. The molecular formula is C15H15Br2N. The van der Waals surface area contributed by atoms with Gasteiger partial charge in [0.05, 0.1) is 5.69 Å². The van der Waals surface area contributed by atoms with E-state index in [1.165, 1.54) is 11.1 Å². The summed E-state index contributed by atoms with van der Waals surface area (Å²) < 4.78 is 2.13. The first kappa shape index (κ1) is 13.6. The Labute approximate surface area is 125 Å². The van der Waals surface area contributed by atoms with Gasteiger partial charge in [-0.15, -0.1) is 0 Å². The third kappa shape index (κ3) is 2.96. The van der Waals surface area contributed by atoms with E-state index in [1.807, 2.05) is 18.2 Å². The molecule has 3 heteroatoms. The predicted octanol–water partition coefficient (Wildman–Crippen LogP) is 5.69. The fourth-order valence-electron chi connectivity index (χ4n) is 2.00. The molecule has 94 valence electrons. The first-order valence-electron chi connectivity index (χ1n) is 5.85. The van der Waals surface area contributed by atoms with Crippen LogP contribution < -0.4 is 5.32 Å². The van der Waals surface area contributed by atoms with Gasteiger partial charge in [-0.1, -0.05) is 30.3 Å². The van der Waals surface area contributed by atoms with Crippen LogP contribution in [-0.2, 0) is 0 Å². The fourth-order valence-corrected chi connectivity index (χ4v) is 3.23. The molecule has 0 radical (unpaired) electrons. The highest BCUT2D eigenvalue weighted by molar-refractivity contribution is 9.11. The Bertz CT molecular complexity index is 532. The lowest BCUT2D eigenvalue weighted by atomic mass is 10.0. The van der Waals surface area contributed by atoms with Crippen LogP contribution in [0.1, 0.15) is 24.1 Å². The van der Waals surface area contributed by atoms with Crippen molar-refractivity contribution in [2.45, 2.75) is 19.9 Å². The SMILES string of the molecule is Cc1ccccc1C(C)Nc1c(Br)cccc1Br. The minimum atomic E-state index is 0.265. The molecule has 2 rings (SSSR count). The number of nitrogens with one attached hydrogen (secondary N) is 1. The normalized spacial score (nSPS) is 12.2. The average Bonchev–Trinajstić information content (AvgIpc) is 2.34. The van der Waals surface area contributed by atoms with Gasteiger partial charge < -0.3 is 5.32 Å². The van der Waals surface area contributed by atoms with Crippen LogP contribution in [0.3, 0.4) is 0 Å². The van der Waals surface area contributed by atoms with Gasteiger partial charge in [0.1, 0.15) is 0 Å². The molecule has 0 amide bonds. The third-order valence-electron chi connectivity index (χ3n) is 2.98. The van der Waals surface area contributed by atoms with Crippen LogP contribution in [0.25, 0.3) is 0 Å². The average molecular weight is 369 g/mol. The molecule has 18 heavy (non-hydrogen) atoms. The van der Waals surface area contributed by atoms with Gasteiger partial charge in [-0.25, -0.2) is 0 Å². The molecule has 0 saturated carbocycles. The van der Waals surface area contributed by atoms with E-state index in [2.05, 4.69) is 75.3 Å². The Morgan fingerprint density at radius 1 is 0.944 bits per heavy atom. The molecule has 2 aromatic rings. The molecule has 1 unspecified atom stereocenters. The molecule has 1 nitrogen and oxygen atoms in total. The van der Waals surface area contributed by atoms with Gasteiger partial charge in [0.25, 0.3) is 0 Å². The Hall–Kier alpha value is -0.800. The quantitative estimate of drug-likeness (QED) is 0.733. The van der Waals surface area contributed by atoms with Crippen molar-refractivity contribution in [2.75, 3.05) is 5.32 Å². The van der Waals surface area contributed by atoms with Crippen LogP contribution in [0.2, 0.25) is 0 Å². The molecule has 0 fully saturated rings. The lowest BCUT2D eigenvalue weighted by Crippen LogP contribution is -2.09. The van der Waals surface area contributed by atoms with Crippen LogP contribution in [0.15, 0.2) is 51.4 Å². The summed E-state index contributed by atoms with van der Waals surface area (Å²) >= 11 is 7.15.